The van der Waals surface area contributed by atoms with Crippen molar-refractivity contribution in [3.63, 3.8) is 0 Å². The van der Waals surface area contributed by atoms with Gasteiger partial charge in [0.15, 0.2) is 0 Å². The zero-order valence-corrected chi connectivity index (χ0v) is 6.57. The maximum absolute atomic E-state index is 4.31. The van der Waals surface area contributed by atoms with E-state index in [-0.39, 0.29) is 0 Å². The summed E-state index contributed by atoms with van der Waals surface area (Å²) in [6.07, 6.45) is 6.21. The van der Waals surface area contributed by atoms with E-state index in [0.717, 1.165) is 12.1 Å². The van der Waals surface area contributed by atoms with Crippen molar-refractivity contribution in [1.29, 1.82) is 0 Å². The van der Waals surface area contributed by atoms with Gasteiger partial charge in [-0.2, -0.15) is 0 Å². The standard InChI is InChI=1S/C10H8N2/c1-3-8-4-2-6-12-7-11-9(5-1)10(8)12/h1-5,7H,6H2. The molecule has 0 amide bonds. The normalized spacial score (nSPS) is 14.0. The maximum atomic E-state index is 4.31. The summed E-state index contributed by atoms with van der Waals surface area (Å²) >= 11 is 0. The van der Waals surface area contributed by atoms with Gasteiger partial charge in [-0.3, -0.25) is 0 Å². The summed E-state index contributed by atoms with van der Waals surface area (Å²) in [7, 11) is 0. The number of imidazole rings is 1. The van der Waals surface area contributed by atoms with Crippen molar-refractivity contribution in [2.75, 3.05) is 0 Å². The molecule has 0 radical (unpaired) electrons. The Morgan fingerprint density at radius 3 is 3.33 bits per heavy atom. The molecule has 0 saturated carbocycles. The average Bonchev–Trinajstić information content (AvgIpc) is 2.52. The van der Waals surface area contributed by atoms with Crippen molar-refractivity contribution in [3.05, 3.63) is 36.2 Å². The summed E-state index contributed by atoms with van der Waals surface area (Å²) in [6, 6.07) is 6.22. The van der Waals surface area contributed by atoms with Crippen molar-refractivity contribution in [2.24, 2.45) is 0 Å². The number of benzene rings is 1. The lowest BCUT2D eigenvalue weighted by atomic mass is 10.1. The van der Waals surface area contributed by atoms with Crippen LogP contribution in [0, 0.1) is 0 Å². The van der Waals surface area contributed by atoms with E-state index in [1.54, 1.807) is 0 Å². The van der Waals surface area contributed by atoms with E-state index in [2.05, 4.69) is 33.8 Å². The topological polar surface area (TPSA) is 17.8 Å². The number of hydrogen-bond donors (Lipinski definition) is 0. The molecule has 0 unspecified atom stereocenters. The Hall–Kier alpha value is -1.57. The first-order chi connectivity index (χ1) is 5.95. The van der Waals surface area contributed by atoms with Gasteiger partial charge in [0.1, 0.15) is 0 Å². The number of aromatic nitrogens is 2. The van der Waals surface area contributed by atoms with Gasteiger partial charge < -0.3 is 4.57 Å². The number of allylic oxidation sites excluding steroid dienone is 1. The number of nitrogens with zero attached hydrogens (tertiary/aromatic N) is 2. The maximum Gasteiger partial charge on any atom is 0.0961 e. The van der Waals surface area contributed by atoms with E-state index in [1.165, 1.54) is 11.1 Å². The first kappa shape index (κ1) is 6.00. The van der Waals surface area contributed by atoms with Gasteiger partial charge >= 0.3 is 0 Å². The molecule has 2 heteroatoms. The van der Waals surface area contributed by atoms with Gasteiger partial charge in [-0.25, -0.2) is 4.98 Å². The lowest BCUT2D eigenvalue weighted by Crippen LogP contribution is -1.97. The first-order valence-corrected chi connectivity index (χ1v) is 4.05. The minimum absolute atomic E-state index is 0.952. The third kappa shape index (κ3) is 0.619. The number of hydrogen-bond acceptors (Lipinski definition) is 1. The Kier molecular flexibility index (Phi) is 0.987. The van der Waals surface area contributed by atoms with Gasteiger partial charge in [-0.15, -0.1) is 0 Å². The summed E-state index contributed by atoms with van der Waals surface area (Å²) in [5.41, 5.74) is 3.63. The molecule has 0 bridgehead atoms. The Bertz CT molecular complexity index is 466. The van der Waals surface area contributed by atoms with Crippen LogP contribution in [0.3, 0.4) is 0 Å². The summed E-state index contributed by atoms with van der Waals surface area (Å²) < 4.78 is 2.17. The van der Waals surface area contributed by atoms with Crippen LogP contribution < -0.4 is 0 Å². The van der Waals surface area contributed by atoms with Crippen LogP contribution in [0.1, 0.15) is 5.56 Å². The second-order valence-corrected chi connectivity index (χ2v) is 3.01. The molecule has 0 aliphatic carbocycles. The molecule has 0 saturated heterocycles. The summed E-state index contributed by atoms with van der Waals surface area (Å²) in [6.45, 7) is 0.952. The van der Waals surface area contributed by atoms with Gasteiger partial charge in [-0.05, 0) is 6.07 Å². The fourth-order valence-electron chi connectivity index (χ4n) is 1.72. The van der Waals surface area contributed by atoms with Gasteiger partial charge in [0, 0.05) is 12.1 Å². The van der Waals surface area contributed by atoms with Crippen LogP contribution in [0.5, 0.6) is 0 Å². The highest BCUT2D eigenvalue weighted by atomic mass is 15.0. The molecule has 0 fully saturated rings. The van der Waals surface area contributed by atoms with Crippen LogP contribution in [-0.4, -0.2) is 9.55 Å². The van der Waals surface area contributed by atoms with Crippen molar-refractivity contribution in [2.45, 2.75) is 6.54 Å². The van der Waals surface area contributed by atoms with Crippen LogP contribution in [-0.2, 0) is 6.54 Å². The first-order valence-electron chi connectivity index (χ1n) is 4.05. The zero-order valence-electron chi connectivity index (χ0n) is 6.57. The molecule has 0 N–H and O–H groups in total. The molecule has 12 heavy (non-hydrogen) atoms. The molecule has 58 valence electrons. The van der Waals surface area contributed by atoms with E-state index >= 15 is 0 Å². The molecule has 1 aliphatic heterocycles. The number of para-hydroxylation sites is 1. The lowest BCUT2D eigenvalue weighted by Gasteiger charge is -2.07. The van der Waals surface area contributed by atoms with Gasteiger partial charge in [0.25, 0.3) is 0 Å². The number of rotatable bonds is 0. The molecule has 1 aliphatic rings. The van der Waals surface area contributed by atoms with Gasteiger partial charge in [0.05, 0.1) is 17.4 Å². The Morgan fingerprint density at radius 2 is 2.33 bits per heavy atom. The molecule has 2 nitrogen and oxygen atoms in total. The minimum atomic E-state index is 0.952. The molecular formula is C10H8N2. The van der Waals surface area contributed by atoms with Crippen LogP contribution >= 0.6 is 0 Å². The molecule has 1 aromatic carbocycles. The van der Waals surface area contributed by atoms with E-state index < -0.39 is 0 Å². The van der Waals surface area contributed by atoms with Crippen molar-refractivity contribution < 1.29 is 0 Å². The highest BCUT2D eigenvalue weighted by molar-refractivity contribution is 5.86. The van der Waals surface area contributed by atoms with Crippen molar-refractivity contribution in [1.82, 2.24) is 9.55 Å². The highest BCUT2D eigenvalue weighted by Gasteiger charge is 2.07. The second kappa shape index (κ2) is 1.97. The quantitative estimate of drug-likeness (QED) is 0.571. The summed E-state index contributed by atoms with van der Waals surface area (Å²) in [5, 5.41) is 0. The predicted molar refractivity (Wildman–Crippen MR) is 48.8 cm³/mol. The summed E-state index contributed by atoms with van der Waals surface area (Å²) in [4.78, 5) is 4.31. The zero-order chi connectivity index (χ0) is 7.97. The Labute approximate surface area is 70.2 Å². The van der Waals surface area contributed by atoms with Crippen LogP contribution in [0.4, 0.5) is 0 Å². The third-order valence-electron chi connectivity index (χ3n) is 2.27. The fraction of sp³-hybridized carbons (Fsp3) is 0.100. The predicted octanol–water partition coefficient (Wildman–Crippen LogP) is 2.06. The van der Waals surface area contributed by atoms with Crippen LogP contribution in [0.2, 0.25) is 0 Å². The van der Waals surface area contributed by atoms with Crippen molar-refractivity contribution in [3.8, 4) is 0 Å². The van der Waals surface area contributed by atoms with Crippen molar-refractivity contribution >= 4 is 17.1 Å². The molecule has 0 spiro atoms. The van der Waals surface area contributed by atoms with Gasteiger partial charge in [0.2, 0.25) is 0 Å². The molecule has 3 rings (SSSR count). The molecule has 2 heterocycles. The van der Waals surface area contributed by atoms with E-state index in [4.69, 9.17) is 0 Å². The van der Waals surface area contributed by atoms with Crippen LogP contribution in [0.15, 0.2) is 30.6 Å². The SMILES string of the molecule is C1=Cc2cccc3ncn(c23)C1. The highest BCUT2D eigenvalue weighted by Crippen LogP contribution is 2.22. The third-order valence-corrected chi connectivity index (χ3v) is 2.27. The fourth-order valence-corrected chi connectivity index (χ4v) is 1.72. The molecule has 0 atom stereocenters. The molecular weight excluding hydrogens is 148 g/mol. The second-order valence-electron chi connectivity index (χ2n) is 3.01. The molecule has 1 aromatic heterocycles. The minimum Gasteiger partial charge on any atom is -0.326 e. The monoisotopic (exact) mass is 156 g/mol. The molecule has 2 aromatic rings. The lowest BCUT2D eigenvalue weighted by molar-refractivity contribution is 0.845. The summed E-state index contributed by atoms with van der Waals surface area (Å²) in [5.74, 6) is 0. The Morgan fingerprint density at radius 1 is 1.33 bits per heavy atom. The van der Waals surface area contributed by atoms with E-state index in [9.17, 15) is 0 Å². The van der Waals surface area contributed by atoms with Crippen LogP contribution in [0.25, 0.3) is 17.1 Å². The average molecular weight is 156 g/mol. The Balaban J connectivity index is 2.57. The largest absolute Gasteiger partial charge is 0.326 e. The van der Waals surface area contributed by atoms with E-state index in [1.807, 2.05) is 12.4 Å². The smallest absolute Gasteiger partial charge is 0.0961 e. The van der Waals surface area contributed by atoms with E-state index in [0.29, 0.717) is 0 Å². The van der Waals surface area contributed by atoms with Gasteiger partial charge in [-0.1, -0.05) is 24.3 Å².